The fraction of sp³-hybridized carbons (Fsp3) is 0.412. The summed E-state index contributed by atoms with van der Waals surface area (Å²) in [6.45, 7) is 4.77. The molecule has 0 saturated carbocycles. The van der Waals surface area contributed by atoms with Crippen molar-refractivity contribution in [2.45, 2.75) is 19.0 Å². The molecule has 26 heavy (non-hydrogen) atoms. The topological polar surface area (TPSA) is 100 Å². The SMILES string of the molecule is CCNC(=O)CN(CC)C(=O)CSc1n[nH]c(-c2ccc(OC)cc2)n1. The molecule has 0 aliphatic carbocycles. The van der Waals surface area contributed by atoms with E-state index in [9.17, 15) is 9.59 Å². The van der Waals surface area contributed by atoms with Crippen LogP contribution in [0.15, 0.2) is 29.4 Å². The highest BCUT2D eigenvalue weighted by molar-refractivity contribution is 7.99. The molecule has 0 fully saturated rings. The Hall–Kier alpha value is -2.55. The molecule has 8 nitrogen and oxygen atoms in total. The highest BCUT2D eigenvalue weighted by Crippen LogP contribution is 2.21. The van der Waals surface area contributed by atoms with Crippen molar-refractivity contribution < 1.29 is 14.3 Å². The predicted octanol–water partition coefficient (Wildman–Crippen LogP) is 1.56. The van der Waals surface area contributed by atoms with Crippen LogP contribution in [0.25, 0.3) is 11.4 Å². The number of nitrogens with zero attached hydrogens (tertiary/aromatic N) is 3. The Morgan fingerprint density at radius 1 is 1.27 bits per heavy atom. The number of ether oxygens (including phenoxy) is 1. The van der Waals surface area contributed by atoms with E-state index >= 15 is 0 Å². The molecule has 0 aliphatic heterocycles. The molecule has 1 aromatic carbocycles. The Kier molecular flexibility index (Phi) is 7.46. The van der Waals surface area contributed by atoms with Gasteiger partial charge >= 0.3 is 0 Å². The molecule has 1 aromatic heterocycles. The first kappa shape index (κ1) is 19.8. The molecule has 0 spiro atoms. The monoisotopic (exact) mass is 377 g/mol. The molecule has 2 N–H and O–H groups in total. The van der Waals surface area contributed by atoms with Crippen LogP contribution in [0.1, 0.15) is 13.8 Å². The highest BCUT2D eigenvalue weighted by atomic mass is 32.2. The van der Waals surface area contributed by atoms with Gasteiger partial charge in [-0.15, -0.1) is 5.10 Å². The lowest BCUT2D eigenvalue weighted by atomic mass is 10.2. The molecule has 0 radical (unpaired) electrons. The summed E-state index contributed by atoms with van der Waals surface area (Å²) in [5, 5.41) is 10.2. The molecule has 0 unspecified atom stereocenters. The molecule has 0 saturated heterocycles. The number of amides is 2. The van der Waals surface area contributed by atoms with Crippen molar-refractivity contribution in [1.82, 2.24) is 25.4 Å². The van der Waals surface area contributed by atoms with E-state index in [4.69, 9.17) is 4.74 Å². The van der Waals surface area contributed by atoms with E-state index < -0.39 is 0 Å². The van der Waals surface area contributed by atoms with Crippen LogP contribution in [0.4, 0.5) is 0 Å². The van der Waals surface area contributed by atoms with Crippen LogP contribution >= 0.6 is 11.8 Å². The third-order valence-electron chi connectivity index (χ3n) is 3.60. The van der Waals surface area contributed by atoms with E-state index in [2.05, 4.69) is 20.5 Å². The minimum absolute atomic E-state index is 0.0643. The van der Waals surface area contributed by atoms with E-state index in [1.807, 2.05) is 38.1 Å². The van der Waals surface area contributed by atoms with Gasteiger partial charge in [0.25, 0.3) is 0 Å². The lowest BCUT2D eigenvalue weighted by Crippen LogP contribution is -2.41. The predicted molar refractivity (Wildman–Crippen MR) is 100 cm³/mol. The van der Waals surface area contributed by atoms with E-state index in [1.54, 1.807) is 7.11 Å². The number of methoxy groups -OCH3 is 1. The molecule has 0 aliphatic rings. The van der Waals surface area contributed by atoms with Crippen LogP contribution in [-0.2, 0) is 9.59 Å². The summed E-state index contributed by atoms with van der Waals surface area (Å²) in [7, 11) is 1.61. The maximum Gasteiger partial charge on any atom is 0.239 e. The zero-order valence-corrected chi connectivity index (χ0v) is 15.9. The first-order chi connectivity index (χ1) is 12.6. The quantitative estimate of drug-likeness (QED) is 0.643. The average molecular weight is 377 g/mol. The minimum Gasteiger partial charge on any atom is -0.497 e. The number of hydrogen-bond donors (Lipinski definition) is 2. The van der Waals surface area contributed by atoms with Gasteiger partial charge in [-0.1, -0.05) is 11.8 Å². The Morgan fingerprint density at radius 2 is 2.00 bits per heavy atom. The molecule has 2 rings (SSSR count). The number of rotatable bonds is 9. The number of carbonyl (C=O) groups excluding carboxylic acids is 2. The van der Waals surface area contributed by atoms with Crippen LogP contribution in [0, 0.1) is 0 Å². The highest BCUT2D eigenvalue weighted by Gasteiger charge is 2.16. The second-order valence-corrected chi connectivity index (χ2v) is 6.29. The fourth-order valence-electron chi connectivity index (χ4n) is 2.21. The second kappa shape index (κ2) is 9.81. The Bertz CT molecular complexity index is 732. The smallest absolute Gasteiger partial charge is 0.239 e. The minimum atomic E-state index is -0.160. The van der Waals surface area contributed by atoms with Crippen molar-refractivity contribution >= 4 is 23.6 Å². The lowest BCUT2D eigenvalue weighted by molar-refractivity contribution is -0.133. The van der Waals surface area contributed by atoms with E-state index in [-0.39, 0.29) is 24.1 Å². The molecule has 2 amide bonds. The third kappa shape index (κ3) is 5.48. The van der Waals surface area contributed by atoms with Crippen LogP contribution < -0.4 is 10.1 Å². The number of nitrogens with one attached hydrogen (secondary N) is 2. The number of H-pyrrole nitrogens is 1. The van der Waals surface area contributed by atoms with Crippen LogP contribution in [0.2, 0.25) is 0 Å². The molecular weight excluding hydrogens is 354 g/mol. The number of benzene rings is 1. The molecule has 140 valence electrons. The number of likely N-dealkylation sites (N-methyl/N-ethyl adjacent to an activating group) is 2. The molecule has 0 bridgehead atoms. The third-order valence-corrected chi connectivity index (χ3v) is 4.43. The van der Waals surface area contributed by atoms with Gasteiger partial charge < -0.3 is 15.0 Å². The standard InChI is InChI=1S/C17H23N5O3S/c1-4-18-14(23)10-22(5-2)15(24)11-26-17-19-16(20-21-17)12-6-8-13(25-3)9-7-12/h6-9H,4-5,10-11H2,1-3H3,(H,18,23)(H,19,20,21). The molecule has 2 aromatic rings. The summed E-state index contributed by atoms with van der Waals surface area (Å²) in [5.41, 5.74) is 0.878. The van der Waals surface area contributed by atoms with Crippen molar-refractivity contribution in [3.05, 3.63) is 24.3 Å². The Labute approximate surface area is 156 Å². The van der Waals surface area contributed by atoms with Crippen molar-refractivity contribution in [3.8, 4) is 17.1 Å². The van der Waals surface area contributed by atoms with Gasteiger partial charge in [-0.2, -0.15) is 0 Å². The average Bonchev–Trinajstić information content (AvgIpc) is 3.13. The zero-order valence-electron chi connectivity index (χ0n) is 15.1. The normalized spacial score (nSPS) is 10.4. The number of carbonyl (C=O) groups is 2. The molecule has 1 heterocycles. The van der Waals surface area contributed by atoms with Gasteiger partial charge in [-0.25, -0.2) is 4.98 Å². The second-order valence-electron chi connectivity index (χ2n) is 5.35. The first-order valence-corrected chi connectivity index (χ1v) is 9.30. The largest absolute Gasteiger partial charge is 0.497 e. The number of hydrogen-bond acceptors (Lipinski definition) is 6. The van der Waals surface area contributed by atoms with E-state index in [0.717, 1.165) is 11.3 Å². The van der Waals surface area contributed by atoms with Gasteiger partial charge in [0.05, 0.1) is 19.4 Å². The summed E-state index contributed by atoms with van der Waals surface area (Å²) in [6.07, 6.45) is 0. The van der Waals surface area contributed by atoms with Crippen LogP contribution in [0.5, 0.6) is 5.75 Å². The van der Waals surface area contributed by atoms with Gasteiger partial charge in [-0.05, 0) is 38.1 Å². The maximum absolute atomic E-state index is 12.3. The summed E-state index contributed by atoms with van der Waals surface area (Å²) in [5.74, 6) is 1.28. The Morgan fingerprint density at radius 3 is 2.62 bits per heavy atom. The van der Waals surface area contributed by atoms with Crippen LogP contribution in [0.3, 0.4) is 0 Å². The number of aromatic amines is 1. The zero-order chi connectivity index (χ0) is 18.9. The van der Waals surface area contributed by atoms with Gasteiger partial charge in [0, 0.05) is 18.7 Å². The summed E-state index contributed by atoms with van der Waals surface area (Å²) >= 11 is 1.23. The van der Waals surface area contributed by atoms with Gasteiger partial charge in [-0.3, -0.25) is 14.7 Å². The molecule has 9 heteroatoms. The first-order valence-electron chi connectivity index (χ1n) is 8.31. The van der Waals surface area contributed by atoms with Crippen LogP contribution in [-0.4, -0.2) is 64.4 Å². The van der Waals surface area contributed by atoms with Gasteiger partial charge in [0.15, 0.2) is 5.82 Å². The van der Waals surface area contributed by atoms with Crippen molar-refractivity contribution in [1.29, 1.82) is 0 Å². The number of thioether (sulfide) groups is 1. The maximum atomic E-state index is 12.3. The summed E-state index contributed by atoms with van der Waals surface area (Å²) in [6, 6.07) is 7.44. The van der Waals surface area contributed by atoms with Crippen molar-refractivity contribution in [3.63, 3.8) is 0 Å². The fourth-order valence-corrected chi connectivity index (χ4v) is 2.91. The summed E-state index contributed by atoms with van der Waals surface area (Å²) in [4.78, 5) is 29.8. The number of aromatic nitrogens is 3. The lowest BCUT2D eigenvalue weighted by Gasteiger charge is -2.19. The molecular formula is C17H23N5O3S. The van der Waals surface area contributed by atoms with Gasteiger partial charge in [0.1, 0.15) is 5.75 Å². The summed E-state index contributed by atoms with van der Waals surface area (Å²) < 4.78 is 5.13. The Balaban J connectivity index is 1.91. The van der Waals surface area contributed by atoms with Crippen molar-refractivity contribution in [2.24, 2.45) is 0 Å². The molecule has 0 atom stereocenters. The van der Waals surface area contributed by atoms with E-state index in [0.29, 0.717) is 24.1 Å². The van der Waals surface area contributed by atoms with E-state index in [1.165, 1.54) is 16.7 Å². The van der Waals surface area contributed by atoms with Crippen molar-refractivity contribution in [2.75, 3.05) is 32.5 Å². The van der Waals surface area contributed by atoms with Gasteiger partial charge in [0.2, 0.25) is 17.0 Å².